The Labute approximate surface area is 184 Å². The SMILES string of the molecule is CC(CC1(c2ccccc2)SC(NC(=O)C(C)(C)C)=NN1C(=O)C(C)C)NS(=O)[O-]. The molecule has 3 atom stereocenters. The highest BCUT2D eigenvalue weighted by Gasteiger charge is 2.50. The van der Waals surface area contributed by atoms with Crippen molar-refractivity contribution in [3.8, 4) is 0 Å². The Morgan fingerprint density at radius 2 is 1.83 bits per heavy atom. The third-order valence-corrected chi connectivity index (χ3v) is 6.39. The van der Waals surface area contributed by atoms with E-state index in [-0.39, 0.29) is 24.2 Å². The number of amidine groups is 1. The lowest BCUT2D eigenvalue weighted by Gasteiger charge is -2.38. The molecule has 0 saturated heterocycles. The Bertz CT molecular complexity index is 839. The van der Waals surface area contributed by atoms with Crippen molar-refractivity contribution in [3.05, 3.63) is 35.9 Å². The van der Waals surface area contributed by atoms with Crippen LogP contribution in [0.15, 0.2) is 35.4 Å². The zero-order chi connectivity index (χ0) is 22.7. The summed E-state index contributed by atoms with van der Waals surface area (Å²) in [4.78, 5) is 24.7. The molecule has 0 aliphatic carbocycles. The van der Waals surface area contributed by atoms with Crippen LogP contribution in [0.4, 0.5) is 0 Å². The molecule has 0 aromatic heterocycles. The van der Waals surface area contributed by atoms with Gasteiger partial charge in [0.25, 0.3) is 0 Å². The molecule has 0 saturated carbocycles. The number of nitrogens with one attached hydrogen (secondary N) is 2. The van der Waals surface area contributed by atoms with Crippen molar-refractivity contribution in [1.82, 2.24) is 15.0 Å². The topological polar surface area (TPSA) is 114 Å². The van der Waals surface area contributed by atoms with Gasteiger partial charge in [0.2, 0.25) is 11.8 Å². The van der Waals surface area contributed by atoms with Crippen LogP contribution in [-0.4, -0.2) is 36.8 Å². The fraction of sp³-hybridized carbons (Fsp3) is 0.550. The van der Waals surface area contributed by atoms with Crippen molar-refractivity contribution in [2.45, 2.75) is 58.9 Å². The number of carbonyl (C=O) groups excluding carboxylic acids is 2. The molecule has 1 heterocycles. The van der Waals surface area contributed by atoms with Crippen molar-refractivity contribution in [3.63, 3.8) is 0 Å². The number of rotatable bonds is 6. The van der Waals surface area contributed by atoms with E-state index in [2.05, 4.69) is 15.1 Å². The fourth-order valence-corrected chi connectivity index (χ4v) is 4.75. The van der Waals surface area contributed by atoms with Crippen LogP contribution in [0.5, 0.6) is 0 Å². The molecule has 1 aliphatic rings. The summed E-state index contributed by atoms with van der Waals surface area (Å²) >= 11 is -1.20. The Morgan fingerprint density at radius 3 is 2.33 bits per heavy atom. The molecule has 3 unspecified atom stereocenters. The minimum atomic E-state index is -2.45. The first kappa shape index (κ1) is 24.5. The third kappa shape index (κ3) is 5.69. The lowest BCUT2D eigenvalue weighted by Crippen LogP contribution is -2.47. The molecular formula is C20H29N4O4S2-. The van der Waals surface area contributed by atoms with Crippen molar-refractivity contribution in [1.29, 1.82) is 0 Å². The summed E-state index contributed by atoms with van der Waals surface area (Å²) < 4.78 is 24.8. The van der Waals surface area contributed by atoms with E-state index in [0.717, 1.165) is 5.56 Å². The van der Waals surface area contributed by atoms with Gasteiger partial charge in [-0.3, -0.25) is 13.8 Å². The van der Waals surface area contributed by atoms with E-state index >= 15 is 0 Å². The molecule has 0 fully saturated rings. The molecule has 1 aromatic carbocycles. The molecule has 0 spiro atoms. The van der Waals surface area contributed by atoms with E-state index in [4.69, 9.17) is 0 Å². The van der Waals surface area contributed by atoms with E-state index in [1.165, 1.54) is 16.8 Å². The van der Waals surface area contributed by atoms with Crippen LogP contribution >= 0.6 is 11.8 Å². The zero-order valence-electron chi connectivity index (χ0n) is 18.1. The van der Waals surface area contributed by atoms with Gasteiger partial charge in [-0.2, -0.15) is 0 Å². The molecule has 2 rings (SSSR count). The van der Waals surface area contributed by atoms with E-state index in [1.807, 2.05) is 30.3 Å². The van der Waals surface area contributed by atoms with Gasteiger partial charge < -0.3 is 9.87 Å². The van der Waals surface area contributed by atoms with Gasteiger partial charge in [-0.05, 0) is 12.5 Å². The third-order valence-electron chi connectivity index (χ3n) is 4.51. The summed E-state index contributed by atoms with van der Waals surface area (Å²) in [6, 6.07) is 8.84. The van der Waals surface area contributed by atoms with Crippen molar-refractivity contribution >= 4 is 40.0 Å². The van der Waals surface area contributed by atoms with Crippen LogP contribution < -0.4 is 10.0 Å². The maximum Gasteiger partial charge on any atom is 0.246 e. The van der Waals surface area contributed by atoms with E-state index in [1.54, 1.807) is 41.5 Å². The zero-order valence-corrected chi connectivity index (χ0v) is 19.7. The molecule has 8 nitrogen and oxygen atoms in total. The highest BCUT2D eigenvalue weighted by atomic mass is 32.2. The monoisotopic (exact) mass is 453 g/mol. The Kier molecular flexibility index (Phi) is 7.84. The number of carbonyl (C=O) groups is 2. The number of hydrazone groups is 1. The Balaban J connectivity index is 2.52. The summed E-state index contributed by atoms with van der Waals surface area (Å²) in [5, 5.41) is 8.99. The molecule has 2 N–H and O–H groups in total. The van der Waals surface area contributed by atoms with Crippen LogP contribution in [0, 0.1) is 11.3 Å². The average molecular weight is 454 g/mol. The van der Waals surface area contributed by atoms with Crippen LogP contribution in [0.25, 0.3) is 0 Å². The van der Waals surface area contributed by atoms with Gasteiger partial charge in [0.1, 0.15) is 4.87 Å². The van der Waals surface area contributed by atoms with Gasteiger partial charge in [-0.15, -0.1) is 5.10 Å². The largest absolute Gasteiger partial charge is 0.760 e. The fourth-order valence-electron chi connectivity index (χ4n) is 2.95. The van der Waals surface area contributed by atoms with Gasteiger partial charge in [0.05, 0.1) is 0 Å². The minimum absolute atomic E-state index is 0.221. The smallest absolute Gasteiger partial charge is 0.246 e. The predicted molar refractivity (Wildman–Crippen MR) is 119 cm³/mol. The number of thioether (sulfide) groups is 1. The average Bonchev–Trinajstić information content (AvgIpc) is 2.99. The first-order chi connectivity index (χ1) is 13.9. The molecule has 2 amide bonds. The number of benzene rings is 1. The van der Waals surface area contributed by atoms with Gasteiger partial charge in [0.15, 0.2) is 5.17 Å². The van der Waals surface area contributed by atoms with Crippen LogP contribution in [0.1, 0.15) is 53.5 Å². The second-order valence-electron chi connectivity index (χ2n) is 8.62. The molecule has 0 radical (unpaired) electrons. The van der Waals surface area contributed by atoms with Crippen molar-refractivity contribution in [2.24, 2.45) is 16.4 Å². The Hall–Kier alpha value is -1.75. The normalized spacial score (nSPS) is 21.3. The highest BCUT2D eigenvalue weighted by Crippen LogP contribution is 2.49. The van der Waals surface area contributed by atoms with Gasteiger partial charge in [-0.25, -0.2) is 9.73 Å². The summed E-state index contributed by atoms with van der Waals surface area (Å²) in [7, 11) is 0. The van der Waals surface area contributed by atoms with Crippen molar-refractivity contribution < 1.29 is 18.4 Å². The standard InChI is InChI=1S/C20H30N4O4S2/c1-13(2)16(25)24-20(12-14(3)23-30(27)28,15-10-8-7-9-11-15)29-18(22-24)21-17(26)19(4,5)6/h7-11,13-14,23H,12H2,1-6H3,(H,27,28)(H,21,22,26)/p-1. The van der Waals surface area contributed by atoms with Gasteiger partial charge >= 0.3 is 0 Å². The number of nitrogens with zero attached hydrogens (tertiary/aromatic N) is 2. The van der Waals surface area contributed by atoms with Crippen LogP contribution in [-0.2, 0) is 25.7 Å². The number of hydrogen-bond donors (Lipinski definition) is 2. The summed E-state index contributed by atoms with van der Waals surface area (Å²) in [5.41, 5.74) is 0.153. The predicted octanol–water partition coefficient (Wildman–Crippen LogP) is 2.67. The minimum Gasteiger partial charge on any atom is -0.760 e. The van der Waals surface area contributed by atoms with Crippen molar-refractivity contribution in [2.75, 3.05) is 0 Å². The number of hydrogen-bond acceptors (Lipinski definition) is 6. The molecule has 10 heteroatoms. The molecule has 30 heavy (non-hydrogen) atoms. The number of amides is 2. The highest BCUT2D eigenvalue weighted by molar-refractivity contribution is 8.14. The summed E-state index contributed by atoms with van der Waals surface area (Å²) in [5.74, 6) is -0.782. The second kappa shape index (κ2) is 9.59. The van der Waals surface area contributed by atoms with Gasteiger partial charge in [0, 0.05) is 35.1 Å². The van der Waals surface area contributed by atoms with Crippen LogP contribution in [0.2, 0.25) is 0 Å². The lowest BCUT2D eigenvalue weighted by atomic mass is 9.96. The van der Waals surface area contributed by atoms with Crippen LogP contribution in [0.3, 0.4) is 0 Å². The molecule has 1 aliphatic heterocycles. The van der Waals surface area contributed by atoms with E-state index in [9.17, 15) is 18.4 Å². The van der Waals surface area contributed by atoms with E-state index < -0.39 is 27.6 Å². The maximum absolute atomic E-state index is 13.1. The molecular weight excluding hydrogens is 424 g/mol. The summed E-state index contributed by atoms with van der Waals surface area (Å²) in [6.07, 6.45) is 0.256. The molecule has 1 aromatic rings. The Morgan fingerprint density at radius 1 is 1.23 bits per heavy atom. The molecule has 166 valence electrons. The molecule has 0 bridgehead atoms. The maximum atomic E-state index is 13.1. The summed E-state index contributed by atoms with van der Waals surface area (Å²) in [6.45, 7) is 10.7. The second-order valence-corrected chi connectivity index (χ2v) is 10.6. The van der Waals surface area contributed by atoms with Gasteiger partial charge in [-0.1, -0.05) is 76.7 Å². The quantitative estimate of drug-likeness (QED) is 0.643. The van der Waals surface area contributed by atoms with E-state index in [0.29, 0.717) is 5.17 Å². The first-order valence-electron chi connectivity index (χ1n) is 9.71. The lowest BCUT2D eigenvalue weighted by molar-refractivity contribution is -0.138. The first-order valence-corrected chi connectivity index (χ1v) is 11.6.